The van der Waals surface area contributed by atoms with Gasteiger partial charge >= 0.3 is 0 Å². The van der Waals surface area contributed by atoms with Gasteiger partial charge in [0.1, 0.15) is 5.75 Å². The molecule has 1 aromatic rings. The molecule has 0 aliphatic carbocycles. The van der Waals surface area contributed by atoms with Gasteiger partial charge in [-0.3, -0.25) is 9.59 Å². The molecule has 0 spiro atoms. The fourth-order valence-corrected chi connectivity index (χ4v) is 2.12. The van der Waals surface area contributed by atoms with Gasteiger partial charge in [0, 0.05) is 18.7 Å². The van der Waals surface area contributed by atoms with Gasteiger partial charge < -0.3 is 15.4 Å². The number of nitrogens with zero attached hydrogens (tertiary/aromatic N) is 1. The van der Waals surface area contributed by atoms with E-state index in [2.05, 4.69) is 0 Å². The molecule has 0 saturated carbocycles. The molecule has 5 nitrogen and oxygen atoms in total. The van der Waals surface area contributed by atoms with E-state index in [1.807, 2.05) is 38.1 Å². The lowest BCUT2D eigenvalue weighted by Crippen LogP contribution is -2.28. The fraction of sp³-hybridized carbons (Fsp3) is 0.429. The summed E-state index contributed by atoms with van der Waals surface area (Å²) >= 11 is 0. The molecule has 1 heterocycles. The van der Waals surface area contributed by atoms with Crippen molar-refractivity contribution in [3.63, 3.8) is 0 Å². The number of nitrogens with two attached hydrogens (primary N) is 1. The predicted molar refractivity (Wildman–Crippen MR) is 71.9 cm³/mol. The first-order valence-corrected chi connectivity index (χ1v) is 6.33. The van der Waals surface area contributed by atoms with Crippen molar-refractivity contribution in [1.29, 1.82) is 0 Å². The minimum absolute atomic E-state index is 0.0682. The number of hydrogen-bond donors (Lipinski definition) is 1. The summed E-state index contributed by atoms with van der Waals surface area (Å²) in [6.07, 6.45) is 0.304. The zero-order valence-electron chi connectivity index (χ0n) is 11.1. The van der Waals surface area contributed by atoms with Gasteiger partial charge in [0.05, 0.1) is 12.0 Å². The van der Waals surface area contributed by atoms with Gasteiger partial charge in [0.25, 0.3) is 0 Å². The van der Waals surface area contributed by atoms with Gasteiger partial charge in [-0.15, -0.1) is 0 Å². The third kappa shape index (κ3) is 3.05. The van der Waals surface area contributed by atoms with Crippen LogP contribution in [0.3, 0.4) is 0 Å². The molecular formula is C14H18N2O3. The Kier molecular flexibility index (Phi) is 3.74. The molecule has 1 saturated heterocycles. The standard InChI is InChI=1S/C14H18N2O3/c1-9(2)19-12-5-3-11(4-6-12)16-8-10(14(15)18)7-13(16)17/h3-6,9-10H,7-8H2,1-2H3,(H2,15,18). The molecule has 2 rings (SSSR count). The molecule has 2 amide bonds. The van der Waals surface area contributed by atoms with Crippen LogP contribution in [-0.4, -0.2) is 24.5 Å². The number of rotatable bonds is 4. The minimum atomic E-state index is -0.421. The molecule has 0 bridgehead atoms. The maximum Gasteiger partial charge on any atom is 0.227 e. The number of amides is 2. The van der Waals surface area contributed by atoms with Gasteiger partial charge in [0.2, 0.25) is 11.8 Å². The summed E-state index contributed by atoms with van der Waals surface area (Å²) in [4.78, 5) is 24.6. The zero-order chi connectivity index (χ0) is 14.0. The lowest BCUT2D eigenvalue weighted by molar-refractivity contribution is -0.123. The van der Waals surface area contributed by atoms with Crippen LogP contribution >= 0.6 is 0 Å². The van der Waals surface area contributed by atoms with E-state index in [-0.39, 0.29) is 24.3 Å². The molecule has 5 heteroatoms. The van der Waals surface area contributed by atoms with Crippen molar-refractivity contribution in [2.24, 2.45) is 11.7 Å². The molecule has 1 aliphatic heterocycles. The molecule has 102 valence electrons. The monoisotopic (exact) mass is 262 g/mol. The van der Waals surface area contributed by atoms with Crippen molar-refractivity contribution in [2.75, 3.05) is 11.4 Å². The molecule has 0 aromatic heterocycles. The highest BCUT2D eigenvalue weighted by molar-refractivity contribution is 6.00. The Morgan fingerprint density at radius 3 is 2.47 bits per heavy atom. The van der Waals surface area contributed by atoms with E-state index in [9.17, 15) is 9.59 Å². The normalized spacial score (nSPS) is 19.0. The molecular weight excluding hydrogens is 244 g/mol. The number of benzene rings is 1. The molecule has 19 heavy (non-hydrogen) atoms. The number of ether oxygens (including phenoxy) is 1. The summed E-state index contributed by atoms with van der Waals surface area (Å²) in [5.41, 5.74) is 6.01. The summed E-state index contributed by atoms with van der Waals surface area (Å²) in [6, 6.07) is 7.28. The Balaban J connectivity index is 2.10. The maximum atomic E-state index is 11.8. The van der Waals surface area contributed by atoms with Gasteiger partial charge in [-0.2, -0.15) is 0 Å². The third-order valence-electron chi connectivity index (χ3n) is 3.05. The maximum absolute atomic E-state index is 11.8. The Morgan fingerprint density at radius 2 is 2.00 bits per heavy atom. The van der Waals surface area contributed by atoms with E-state index in [4.69, 9.17) is 10.5 Å². The van der Waals surface area contributed by atoms with Gasteiger partial charge in [-0.1, -0.05) is 0 Å². The molecule has 1 atom stereocenters. The first kappa shape index (κ1) is 13.4. The van der Waals surface area contributed by atoms with Crippen molar-refractivity contribution in [2.45, 2.75) is 26.4 Å². The van der Waals surface area contributed by atoms with Crippen LogP contribution in [0.25, 0.3) is 0 Å². The second kappa shape index (κ2) is 5.30. The zero-order valence-corrected chi connectivity index (χ0v) is 11.1. The minimum Gasteiger partial charge on any atom is -0.491 e. The lowest BCUT2D eigenvalue weighted by atomic mass is 10.1. The second-order valence-corrected chi connectivity index (χ2v) is 4.97. The average molecular weight is 262 g/mol. The Bertz CT molecular complexity index is 482. The highest BCUT2D eigenvalue weighted by Crippen LogP contribution is 2.26. The van der Waals surface area contributed by atoms with E-state index >= 15 is 0 Å². The smallest absolute Gasteiger partial charge is 0.227 e. The SMILES string of the molecule is CC(C)Oc1ccc(N2CC(C(N)=O)CC2=O)cc1. The molecule has 1 aromatic carbocycles. The van der Waals surface area contributed by atoms with Gasteiger partial charge in [-0.25, -0.2) is 0 Å². The average Bonchev–Trinajstić information content (AvgIpc) is 2.72. The van der Waals surface area contributed by atoms with Crippen LogP contribution in [0, 0.1) is 5.92 Å². The van der Waals surface area contributed by atoms with E-state index in [0.717, 1.165) is 11.4 Å². The van der Waals surface area contributed by atoms with E-state index in [1.165, 1.54) is 0 Å². The van der Waals surface area contributed by atoms with E-state index in [1.54, 1.807) is 4.90 Å². The Hall–Kier alpha value is -2.04. The molecule has 1 aliphatic rings. The summed E-state index contributed by atoms with van der Waals surface area (Å²) < 4.78 is 5.54. The Labute approximate surface area is 112 Å². The predicted octanol–water partition coefficient (Wildman–Crippen LogP) is 1.31. The molecule has 0 radical (unpaired) electrons. The highest BCUT2D eigenvalue weighted by atomic mass is 16.5. The summed E-state index contributed by atoms with van der Waals surface area (Å²) in [5, 5.41) is 0. The van der Waals surface area contributed by atoms with Gasteiger partial charge in [-0.05, 0) is 38.1 Å². The second-order valence-electron chi connectivity index (χ2n) is 4.97. The topological polar surface area (TPSA) is 72.6 Å². The van der Waals surface area contributed by atoms with E-state index in [0.29, 0.717) is 6.54 Å². The number of primary amides is 1. The van der Waals surface area contributed by atoms with Crippen LogP contribution in [0.15, 0.2) is 24.3 Å². The van der Waals surface area contributed by atoms with E-state index < -0.39 is 5.91 Å². The highest BCUT2D eigenvalue weighted by Gasteiger charge is 2.33. The van der Waals surface area contributed by atoms with Crippen molar-refractivity contribution >= 4 is 17.5 Å². The quantitative estimate of drug-likeness (QED) is 0.889. The first-order chi connectivity index (χ1) is 8.97. The van der Waals surface area contributed by atoms with Crippen LogP contribution in [-0.2, 0) is 9.59 Å². The summed E-state index contributed by atoms with van der Waals surface area (Å²) in [5.74, 6) is -0.118. The first-order valence-electron chi connectivity index (χ1n) is 6.33. The number of carbonyl (C=O) groups is 2. The van der Waals surface area contributed by atoms with Crippen molar-refractivity contribution in [3.05, 3.63) is 24.3 Å². The fourth-order valence-electron chi connectivity index (χ4n) is 2.12. The van der Waals surface area contributed by atoms with Crippen molar-refractivity contribution in [1.82, 2.24) is 0 Å². The lowest BCUT2D eigenvalue weighted by Gasteiger charge is -2.17. The molecule has 1 unspecified atom stereocenters. The number of carbonyl (C=O) groups excluding carboxylic acids is 2. The van der Waals surface area contributed by atoms with Crippen LogP contribution in [0.5, 0.6) is 5.75 Å². The van der Waals surface area contributed by atoms with Crippen molar-refractivity contribution in [3.8, 4) is 5.75 Å². The number of anilines is 1. The molecule has 2 N–H and O–H groups in total. The van der Waals surface area contributed by atoms with Crippen LogP contribution < -0.4 is 15.4 Å². The third-order valence-corrected chi connectivity index (χ3v) is 3.05. The summed E-state index contributed by atoms with van der Waals surface area (Å²) in [7, 11) is 0. The van der Waals surface area contributed by atoms with Crippen molar-refractivity contribution < 1.29 is 14.3 Å². The number of hydrogen-bond acceptors (Lipinski definition) is 3. The summed E-state index contributed by atoms with van der Waals surface area (Å²) in [6.45, 7) is 4.27. The molecule has 1 fully saturated rings. The van der Waals surface area contributed by atoms with Gasteiger partial charge in [0.15, 0.2) is 0 Å². The van der Waals surface area contributed by atoms with Crippen LogP contribution in [0.1, 0.15) is 20.3 Å². The Morgan fingerprint density at radius 1 is 1.37 bits per heavy atom. The van der Waals surface area contributed by atoms with Crippen LogP contribution in [0.4, 0.5) is 5.69 Å². The largest absolute Gasteiger partial charge is 0.491 e. The van der Waals surface area contributed by atoms with Crippen LogP contribution in [0.2, 0.25) is 0 Å².